The SMILES string of the molecule is O[P+](c1ccccc1)(c1ccccc1)c1cccc2nc3c4c5ccccc5ccc4c4ccccc4n3c12. The van der Waals surface area contributed by atoms with E-state index in [1.807, 2.05) is 66.7 Å². The highest BCUT2D eigenvalue weighted by Gasteiger charge is 2.46. The van der Waals surface area contributed by atoms with E-state index in [-0.39, 0.29) is 0 Å². The summed E-state index contributed by atoms with van der Waals surface area (Å²) in [7, 11) is -2.99. The largest absolute Gasteiger partial charge is 0.288 e. The van der Waals surface area contributed by atoms with Crippen molar-refractivity contribution in [2.45, 2.75) is 0 Å². The Labute approximate surface area is 226 Å². The van der Waals surface area contributed by atoms with Gasteiger partial charge < -0.3 is 0 Å². The Kier molecular flexibility index (Phi) is 4.87. The molecule has 2 heterocycles. The molecule has 0 unspecified atom stereocenters. The molecule has 0 saturated heterocycles. The molecule has 2 aromatic heterocycles. The molecule has 4 heteroatoms. The van der Waals surface area contributed by atoms with Crippen molar-refractivity contribution in [3.8, 4) is 0 Å². The highest BCUT2D eigenvalue weighted by Crippen LogP contribution is 2.52. The Morgan fingerprint density at radius 1 is 0.538 bits per heavy atom. The van der Waals surface area contributed by atoms with Gasteiger partial charge in [-0.05, 0) is 58.6 Å². The third-order valence-corrected chi connectivity index (χ3v) is 11.0. The van der Waals surface area contributed by atoms with Gasteiger partial charge in [-0.1, -0.05) is 97.1 Å². The molecule has 0 spiro atoms. The van der Waals surface area contributed by atoms with Crippen molar-refractivity contribution in [2.24, 2.45) is 0 Å². The first kappa shape index (κ1) is 22.4. The van der Waals surface area contributed by atoms with E-state index in [0.29, 0.717) is 0 Å². The van der Waals surface area contributed by atoms with E-state index in [1.165, 1.54) is 21.5 Å². The lowest BCUT2D eigenvalue weighted by atomic mass is 10.00. The molecule has 0 fully saturated rings. The van der Waals surface area contributed by atoms with Gasteiger partial charge in [0, 0.05) is 10.8 Å². The van der Waals surface area contributed by atoms with Crippen LogP contribution in [0.25, 0.3) is 49.1 Å². The first-order valence-electron chi connectivity index (χ1n) is 13.1. The van der Waals surface area contributed by atoms with E-state index in [0.717, 1.165) is 43.5 Å². The van der Waals surface area contributed by atoms with Crippen LogP contribution in [-0.2, 0) is 0 Å². The zero-order valence-electron chi connectivity index (χ0n) is 21.1. The molecular weight excluding hydrogens is 495 g/mol. The number of pyridine rings is 1. The summed E-state index contributed by atoms with van der Waals surface area (Å²) in [6.07, 6.45) is 0. The first-order valence-corrected chi connectivity index (χ1v) is 14.9. The second-order valence-electron chi connectivity index (χ2n) is 9.95. The molecule has 0 aliphatic carbocycles. The van der Waals surface area contributed by atoms with Gasteiger partial charge in [-0.15, -0.1) is 0 Å². The van der Waals surface area contributed by atoms with Gasteiger partial charge in [0.05, 0.1) is 11.0 Å². The van der Waals surface area contributed by atoms with Crippen molar-refractivity contribution in [3.05, 3.63) is 140 Å². The van der Waals surface area contributed by atoms with Gasteiger partial charge in [0.2, 0.25) is 7.49 Å². The Hall–Kier alpha value is -4.56. The fourth-order valence-corrected chi connectivity index (χ4v) is 9.00. The molecule has 6 aromatic carbocycles. The standard InChI is InChI=1S/C35H24N2OP/c38-39(25-13-3-1-4-14-25,26-15-5-2-6-16-26)32-21-11-19-30-34(32)37-31-20-10-9-18-28(31)29-23-22-24-12-7-8-17-27(24)33(29)35(37)36-30/h1-23,38H/q+1. The minimum absolute atomic E-state index is 0.878. The molecule has 0 radical (unpaired) electrons. The molecule has 8 rings (SSSR count). The topological polar surface area (TPSA) is 37.5 Å². The Morgan fingerprint density at radius 3 is 1.92 bits per heavy atom. The fraction of sp³-hybridized carbons (Fsp3) is 0. The maximum Gasteiger partial charge on any atom is 0.240 e. The molecule has 0 aliphatic rings. The summed E-state index contributed by atoms with van der Waals surface area (Å²) in [5, 5.41) is 8.62. The molecular formula is C35H24N2OP+. The molecule has 0 atom stereocenters. The van der Waals surface area contributed by atoms with Crippen LogP contribution in [0.1, 0.15) is 0 Å². The summed E-state index contributed by atoms with van der Waals surface area (Å²) in [5.74, 6) is 0. The van der Waals surface area contributed by atoms with Crippen molar-refractivity contribution < 1.29 is 4.89 Å². The van der Waals surface area contributed by atoms with Crippen LogP contribution in [0.3, 0.4) is 0 Å². The van der Waals surface area contributed by atoms with Crippen LogP contribution in [0.5, 0.6) is 0 Å². The van der Waals surface area contributed by atoms with E-state index >= 15 is 0 Å². The molecule has 8 aromatic rings. The summed E-state index contributed by atoms with van der Waals surface area (Å²) in [5.41, 5.74) is 3.83. The van der Waals surface area contributed by atoms with Crippen LogP contribution in [0.2, 0.25) is 0 Å². The number of para-hydroxylation sites is 2. The van der Waals surface area contributed by atoms with Gasteiger partial charge in [0.1, 0.15) is 21.8 Å². The minimum atomic E-state index is -2.99. The lowest BCUT2D eigenvalue weighted by Crippen LogP contribution is -2.31. The monoisotopic (exact) mass is 519 g/mol. The van der Waals surface area contributed by atoms with Gasteiger partial charge >= 0.3 is 0 Å². The van der Waals surface area contributed by atoms with Crippen LogP contribution in [0, 0.1) is 0 Å². The maximum absolute atomic E-state index is 12.9. The fourth-order valence-electron chi connectivity index (χ4n) is 6.12. The van der Waals surface area contributed by atoms with Crippen LogP contribution >= 0.6 is 7.49 Å². The van der Waals surface area contributed by atoms with E-state index in [9.17, 15) is 4.89 Å². The van der Waals surface area contributed by atoms with E-state index < -0.39 is 7.49 Å². The van der Waals surface area contributed by atoms with Crippen molar-refractivity contribution in [1.29, 1.82) is 0 Å². The number of hydrogen-bond acceptors (Lipinski definition) is 2. The highest BCUT2D eigenvalue weighted by molar-refractivity contribution is 7.91. The lowest BCUT2D eigenvalue weighted by molar-refractivity contribution is 0.633. The third-order valence-electron chi connectivity index (χ3n) is 7.85. The molecule has 0 aliphatic heterocycles. The quantitative estimate of drug-likeness (QED) is 0.199. The van der Waals surface area contributed by atoms with Crippen molar-refractivity contribution >= 4 is 72.5 Å². The molecule has 0 saturated carbocycles. The molecule has 39 heavy (non-hydrogen) atoms. The second kappa shape index (κ2) is 8.47. The minimum Gasteiger partial charge on any atom is -0.288 e. The van der Waals surface area contributed by atoms with Gasteiger partial charge in [-0.2, -0.15) is 0 Å². The highest BCUT2D eigenvalue weighted by atomic mass is 31.2. The number of aromatic nitrogens is 2. The van der Waals surface area contributed by atoms with Gasteiger partial charge in [-0.3, -0.25) is 4.40 Å². The average Bonchev–Trinajstić information content (AvgIpc) is 3.41. The van der Waals surface area contributed by atoms with E-state index in [4.69, 9.17) is 4.98 Å². The Bertz CT molecular complexity index is 2150. The van der Waals surface area contributed by atoms with Crippen molar-refractivity contribution in [1.82, 2.24) is 9.38 Å². The van der Waals surface area contributed by atoms with Crippen LogP contribution < -0.4 is 15.9 Å². The number of nitrogens with zero attached hydrogens (tertiary/aromatic N) is 2. The predicted octanol–water partition coefficient (Wildman–Crippen LogP) is 7.15. The maximum atomic E-state index is 12.9. The van der Waals surface area contributed by atoms with Gasteiger partial charge in [0.15, 0.2) is 5.30 Å². The summed E-state index contributed by atoms with van der Waals surface area (Å²) >= 11 is 0. The Balaban J connectivity index is 1.62. The molecule has 0 amide bonds. The van der Waals surface area contributed by atoms with E-state index in [1.54, 1.807) is 0 Å². The normalized spacial score (nSPS) is 12.2. The zero-order chi connectivity index (χ0) is 26.0. The number of benzene rings is 6. The van der Waals surface area contributed by atoms with Crippen LogP contribution in [0.4, 0.5) is 0 Å². The Morgan fingerprint density at radius 2 is 1.18 bits per heavy atom. The van der Waals surface area contributed by atoms with Crippen LogP contribution in [0.15, 0.2) is 140 Å². The van der Waals surface area contributed by atoms with Crippen molar-refractivity contribution in [3.63, 3.8) is 0 Å². The van der Waals surface area contributed by atoms with Gasteiger partial charge in [0.25, 0.3) is 0 Å². The number of hydrogen-bond donors (Lipinski definition) is 1. The average molecular weight is 520 g/mol. The van der Waals surface area contributed by atoms with Gasteiger partial charge in [-0.25, -0.2) is 9.88 Å². The molecule has 0 bridgehead atoms. The zero-order valence-corrected chi connectivity index (χ0v) is 22.0. The first-order chi connectivity index (χ1) is 19.2. The molecule has 184 valence electrons. The summed E-state index contributed by atoms with van der Waals surface area (Å²) in [6.45, 7) is 0. The smallest absolute Gasteiger partial charge is 0.240 e. The second-order valence-corrected chi connectivity index (χ2v) is 12.7. The number of fused-ring (bicyclic) bond motifs is 10. The van der Waals surface area contributed by atoms with Crippen LogP contribution in [-0.4, -0.2) is 14.3 Å². The third kappa shape index (κ3) is 3.15. The summed E-state index contributed by atoms with van der Waals surface area (Å²) in [6, 6.07) is 47.9. The predicted molar refractivity (Wildman–Crippen MR) is 166 cm³/mol. The van der Waals surface area contributed by atoms with E-state index in [2.05, 4.69) is 77.2 Å². The molecule has 3 nitrogen and oxygen atoms in total. The van der Waals surface area contributed by atoms with Crippen molar-refractivity contribution in [2.75, 3.05) is 0 Å². The number of rotatable bonds is 3. The summed E-state index contributed by atoms with van der Waals surface area (Å²) < 4.78 is 2.28. The molecule has 1 N–H and O–H groups in total. The number of imidazole rings is 1. The lowest BCUT2D eigenvalue weighted by Gasteiger charge is -2.21. The summed E-state index contributed by atoms with van der Waals surface area (Å²) in [4.78, 5) is 18.2.